The van der Waals surface area contributed by atoms with E-state index in [1.54, 1.807) is 0 Å². The minimum absolute atomic E-state index is 1.33. The molecule has 0 radical (unpaired) electrons. The number of rotatable bonds is 2. The van der Waals surface area contributed by atoms with Crippen molar-refractivity contribution in [3.63, 3.8) is 0 Å². The van der Waals surface area contributed by atoms with Gasteiger partial charge in [0, 0.05) is 34.8 Å². The zero-order valence-corrected chi connectivity index (χ0v) is 16.8. The second-order valence-electron chi connectivity index (χ2n) is 6.60. The van der Waals surface area contributed by atoms with Crippen LogP contribution in [0.1, 0.15) is 0 Å². The predicted octanol–water partition coefficient (Wildman–Crippen LogP) is 8.66. The van der Waals surface area contributed by atoms with Crippen LogP contribution in [0.25, 0.3) is 50.5 Å². The zero-order valence-electron chi connectivity index (χ0n) is 14.3. The second kappa shape index (κ2) is 6.03. The summed E-state index contributed by atoms with van der Waals surface area (Å²) in [5.41, 5.74) is 1.39. The van der Waals surface area contributed by atoms with Crippen LogP contribution in [0.5, 0.6) is 0 Å². The number of thiophene rings is 3. The van der Waals surface area contributed by atoms with Crippen LogP contribution in [0.2, 0.25) is 0 Å². The molecule has 0 saturated carbocycles. The molecule has 0 nitrogen and oxygen atoms in total. The molecule has 0 bridgehead atoms. The standard InChI is InChI=1S/C24H14S3/c1-4-10-18-15(7-1)13-21(25-18)23-17-9-3-6-12-20(17)27-24(23)22-14-16-8-2-5-11-19(16)26-22/h1-14H. The molecule has 0 fully saturated rings. The van der Waals surface area contributed by atoms with Gasteiger partial charge >= 0.3 is 0 Å². The van der Waals surface area contributed by atoms with Crippen LogP contribution < -0.4 is 0 Å². The summed E-state index contributed by atoms with van der Waals surface area (Å²) < 4.78 is 4.06. The molecule has 6 aromatic rings. The summed E-state index contributed by atoms with van der Waals surface area (Å²) in [6, 6.07) is 30.9. The van der Waals surface area contributed by atoms with E-state index in [-0.39, 0.29) is 0 Å². The molecule has 27 heavy (non-hydrogen) atoms. The highest BCUT2D eigenvalue weighted by molar-refractivity contribution is 7.29. The van der Waals surface area contributed by atoms with E-state index in [2.05, 4.69) is 84.9 Å². The summed E-state index contributed by atoms with van der Waals surface area (Å²) in [5.74, 6) is 0. The van der Waals surface area contributed by atoms with Gasteiger partial charge in [-0.05, 0) is 41.1 Å². The normalized spacial score (nSPS) is 11.7. The smallest absolute Gasteiger partial charge is 0.0542 e. The van der Waals surface area contributed by atoms with Crippen LogP contribution in [0, 0.1) is 0 Å². The molecule has 0 aliphatic heterocycles. The van der Waals surface area contributed by atoms with Crippen molar-refractivity contribution in [3.05, 3.63) is 84.9 Å². The van der Waals surface area contributed by atoms with E-state index in [0.717, 1.165) is 0 Å². The van der Waals surface area contributed by atoms with Crippen molar-refractivity contribution in [2.24, 2.45) is 0 Å². The number of hydrogen-bond donors (Lipinski definition) is 0. The molecule has 0 spiro atoms. The van der Waals surface area contributed by atoms with E-state index in [0.29, 0.717) is 0 Å². The Hall–Kier alpha value is -2.46. The molecule has 0 saturated heterocycles. The fourth-order valence-electron chi connectivity index (χ4n) is 3.66. The average molecular weight is 399 g/mol. The third-order valence-electron chi connectivity index (χ3n) is 4.92. The summed E-state index contributed by atoms with van der Waals surface area (Å²) in [6.07, 6.45) is 0. The Morgan fingerprint density at radius 3 is 1.74 bits per heavy atom. The molecule has 3 heteroatoms. The summed E-state index contributed by atoms with van der Waals surface area (Å²) in [5, 5.41) is 4.02. The molecule has 0 atom stereocenters. The average Bonchev–Trinajstić information content (AvgIpc) is 3.40. The molecule has 3 aromatic carbocycles. The molecule has 3 heterocycles. The summed E-state index contributed by atoms with van der Waals surface area (Å²) in [4.78, 5) is 4.12. The van der Waals surface area contributed by atoms with Gasteiger partial charge in [0.2, 0.25) is 0 Å². The topological polar surface area (TPSA) is 0 Å². The van der Waals surface area contributed by atoms with Crippen LogP contribution in [-0.2, 0) is 0 Å². The summed E-state index contributed by atoms with van der Waals surface area (Å²) in [7, 11) is 0. The van der Waals surface area contributed by atoms with Gasteiger partial charge in [0.1, 0.15) is 0 Å². The Balaban J connectivity index is 1.68. The maximum Gasteiger partial charge on any atom is 0.0542 e. The fraction of sp³-hybridized carbons (Fsp3) is 0. The summed E-state index contributed by atoms with van der Waals surface area (Å²) in [6.45, 7) is 0. The molecule has 0 N–H and O–H groups in total. The van der Waals surface area contributed by atoms with E-state index >= 15 is 0 Å². The molecule has 0 aliphatic carbocycles. The van der Waals surface area contributed by atoms with Gasteiger partial charge < -0.3 is 0 Å². The van der Waals surface area contributed by atoms with Gasteiger partial charge in [-0.15, -0.1) is 34.0 Å². The molecular weight excluding hydrogens is 384 g/mol. The van der Waals surface area contributed by atoms with E-state index < -0.39 is 0 Å². The van der Waals surface area contributed by atoms with Gasteiger partial charge in [0.15, 0.2) is 0 Å². The fourth-order valence-corrected chi connectivity index (χ4v) is 7.24. The zero-order chi connectivity index (χ0) is 17.8. The van der Waals surface area contributed by atoms with Gasteiger partial charge in [-0.1, -0.05) is 54.6 Å². The lowest BCUT2D eigenvalue weighted by molar-refractivity contribution is 1.83. The molecular formula is C24H14S3. The van der Waals surface area contributed by atoms with Crippen molar-refractivity contribution >= 4 is 64.3 Å². The Morgan fingerprint density at radius 1 is 0.481 bits per heavy atom. The lowest BCUT2D eigenvalue weighted by Gasteiger charge is -2.00. The lowest BCUT2D eigenvalue weighted by Crippen LogP contribution is -1.73. The molecule has 128 valence electrons. The second-order valence-corrected chi connectivity index (χ2v) is 9.82. The van der Waals surface area contributed by atoms with E-state index in [9.17, 15) is 0 Å². The highest BCUT2D eigenvalue weighted by Crippen LogP contribution is 2.50. The minimum Gasteiger partial charge on any atom is -0.135 e. The van der Waals surface area contributed by atoms with Crippen molar-refractivity contribution in [1.29, 1.82) is 0 Å². The van der Waals surface area contributed by atoms with Crippen LogP contribution in [0.15, 0.2) is 84.9 Å². The number of hydrogen-bond acceptors (Lipinski definition) is 3. The maximum atomic E-state index is 2.35. The Labute approximate surface area is 169 Å². The van der Waals surface area contributed by atoms with Crippen LogP contribution >= 0.6 is 34.0 Å². The highest BCUT2D eigenvalue weighted by Gasteiger charge is 2.19. The molecule has 0 aliphatic rings. The van der Waals surface area contributed by atoms with Crippen LogP contribution in [0.3, 0.4) is 0 Å². The first-order valence-corrected chi connectivity index (χ1v) is 11.3. The first kappa shape index (κ1) is 15.6. The van der Waals surface area contributed by atoms with Crippen molar-refractivity contribution in [2.45, 2.75) is 0 Å². The third-order valence-corrected chi connectivity index (χ3v) is 8.52. The predicted molar refractivity (Wildman–Crippen MR) is 123 cm³/mol. The molecule has 0 amide bonds. The first-order valence-electron chi connectivity index (χ1n) is 8.86. The number of fused-ring (bicyclic) bond motifs is 3. The minimum atomic E-state index is 1.33. The van der Waals surface area contributed by atoms with Gasteiger partial charge in [0.05, 0.1) is 4.88 Å². The molecule has 3 aromatic heterocycles. The Bertz CT molecular complexity index is 1360. The van der Waals surface area contributed by atoms with Crippen molar-refractivity contribution in [3.8, 4) is 20.2 Å². The summed E-state index contributed by atoms with van der Waals surface area (Å²) >= 11 is 5.71. The molecule has 0 unspecified atom stereocenters. The van der Waals surface area contributed by atoms with Crippen LogP contribution in [0.4, 0.5) is 0 Å². The number of benzene rings is 3. The lowest BCUT2D eigenvalue weighted by atomic mass is 10.1. The Kier molecular flexibility index (Phi) is 3.48. The largest absolute Gasteiger partial charge is 0.135 e. The van der Waals surface area contributed by atoms with Gasteiger partial charge in [-0.25, -0.2) is 0 Å². The highest BCUT2D eigenvalue weighted by atomic mass is 32.1. The third kappa shape index (κ3) is 2.47. The van der Waals surface area contributed by atoms with Crippen molar-refractivity contribution < 1.29 is 0 Å². The van der Waals surface area contributed by atoms with Crippen molar-refractivity contribution in [2.75, 3.05) is 0 Å². The SMILES string of the molecule is c1ccc2sc(-c3sc4ccccc4c3-c3cc4ccccc4s3)cc2c1. The van der Waals surface area contributed by atoms with E-state index in [1.165, 1.54) is 50.5 Å². The van der Waals surface area contributed by atoms with E-state index in [4.69, 9.17) is 0 Å². The maximum absolute atomic E-state index is 2.35. The van der Waals surface area contributed by atoms with Gasteiger partial charge in [0.25, 0.3) is 0 Å². The first-order chi connectivity index (χ1) is 13.4. The quantitative estimate of drug-likeness (QED) is 0.274. The van der Waals surface area contributed by atoms with Crippen molar-refractivity contribution in [1.82, 2.24) is 0 Å². The van der Waals surface area contributed by atoms with Gasteiger partial charge in [-0.3, -0.25) is 0 Å². The Morgan fingerprint density at radius 2 is 1.04 bits per heavy atom. The monoisotopic (exact) mass is 398 g/mol. The van der Waals surface area contributed by atoms with Crippen LogP contribution in [-0.4, -0.2) is 0 Å². The van der Waals surface area contributed by atoms with Gasteiger partial charge in [-0.2, -0.15) is 0 Å². The molecule has 6 rings (SSSR count). The van der Waals surface area contributed by atoms with E-state index in [1.807, 2.05) is 34.0 Å².